The van der Waals surface area contributed by atoms with Crippen molar-refractivity contribution in [2.24, 2.45) is 0 Å². The summed E-state index contributed by atoms with van der Waals surface area (Å²) >= 11 is 0. The molecular weight excluding hydrogens is 142 g/mol. The van der Waals surface area contributed by atoms with E-state index in [9.17, 15) is 0 Å². The molecule has 0 aliphatic heterocycles. The van der Waals surface area contributed by atoms with Gasteiger partial charge in [0.2, 0.25) is 0 Å². The molecule has 0 heterocycles. The molecule has 0 unspecified atom stereocenters. The minimum atomic E-state index is -0.600. The Morgan fingerprint density at radius 2 is 2.00 bits per heavy atom. The van der Waals surface area contributed by atoms with Crippen LogP contribution in [0.2, 0.25) is 0 Å². The number of terminal acetylenes is 1. The fraction of sp³-hybridized carbons (Fsp3) is 0.750. The quantitative estimate of drug-likeness (QED) is 0.367. The molecule has 0 radical (unpaired) electrons. The zero-order valence-corrected chi connectivity index (χ0v) is 6.80. The maximum atomic E-state index is 8.81. The molecule has 0 aliphatic rings. The Hall–Kier alpha value is -0.560. The van der Waals surface area contributed by atoms with Crippen LogP contribution in [0.3, 0.4) is 0 Å². The first-order chi connectivity index (χ1) is 5.18. The topological polar surface area (TPSA) is 52.5 Å². The van der Waals surface area contributed by atoms with Crippen molar-refractivity contribution in [3.8, 4) is 12.3 Å². The van der Waals surface area contributed by atoms with Gasteiger partial charge in [-0.05, 0) is 6.92 Å². The SMILES string of the molecule is C#CCCNC(C)(CO)CO. The van der Waals surface area contributed by atoms with E-state index in [4.69, 9.17) is 16.6 Å². The first-order valence-corrected chi connectivity index (χ1v) is 3.59. The average Bonchev–Trinajstić information content (AvgIpc) is 2.05. The molecule has 0 saturated heterocycles. The third-order valence-electron chi connectivity index (χ3n) is 1.52. The Kier molecular flexibility index (Phi) is 4.88. The van der Waals surface area contributed by atoms with Gasteiger partial charge in [0.15, 0.2) is 0 Å². The lowest BCUT2D eigenvalue weighted by molar-refractivity contribution is 0.105. The van der Waals surface area contributed by atoms with E-state index in [-0.39, 0.29) is 13.2 Å². The summed E-state index contributed by atoms with van der Waals surface area (Å²) < 4.78 is 0. The molecule has 0 rings (SSSR count). The third kappa shape index (κ3) is 3.99. The monoisotopic (exact) mass is 157 g/mol. The first-order valence-electron chi connectivity index (χ1n) is 3.59. The van der Waals surface area contributed by atoms with Crippen LogP contribution in [0.5, 0.6) is 0 Å². The van der Waals surface area contributed by atoms with Gasteiger partial charge < -0.3 is 15.5 Å². The average molecular weight is 157 g/mol. The second-order valence-electron chi connectivity index (χ2n) is 2.76. The predicted molar refractivity (Wildman–Crippen MR) is 44.0 cm³/mol. The van der Waals surface area contributed by atoms with Gasteiger partial charge in [0.05, 0.1) is 18.8 Å². The van der Waals surface area contributed by atoms with Gasteiger partial charge in [-0.25, -0.2) is 0 Å². The summed E-state index contributed by atoms with van der Waals surface area (Å²) in [6, 6.07) is 0. The minimum Gasteiger partial charge on any atom is -0.394 e. The van der Waals surface area contributed by atoms with E-state index < -0.39 is 5.54 Å². The van der Waals surface area contributed by atoms with E-state index in [1.54, 1.807) is 6.92 Å². The van der Waals surface area contributed by atoms with E-state index in [0.29, 0.717) is 13.0 Å². The summed E-state index contributed by atoms with van der Waals surface area (Å²) in [5.41, 5.74) is -0.600. The molecule has 0 aromatic rings. The second-order valence-corrected chi connectivity index (χ2v) is 2.76. The van der Waals surface area contributed by atoms with Crippen LogP contribution >= 0.6 is 0 Å². The summed E-state index contributed by atoms with van der Waals surface area (Å²) in [6.45, 7) is 2.18. The Labute approximate surface area is 67.4 Å². The summed E-state index contributed by atoms with van der Waals surface area (Å²) in [7, 11) is 0. The highest BCUT2D eigenvalue weighted by Crippen LogP contribution is 1.99. The fourth-order valence-electron chi connectivity index (χ4n) is 0.598. The molecule has 3 heteroatoms. The molecule has 0 saturated carbocycles. The van der Waals surface area contributed by atoms with Gasteiger partial charge in [-0.3, -0.25) is 0 Å². The summed E-state index contributed by atoms with van der Waals surface area (Å²) in [5.74, 6) is 2.46. The van der Waals surface area contributed by atoms with Gasteiger partial charge in [-0.1, -0.05) is 0 Å². The molecular formula is C8H15NO2. The Balaban J connectivity index is 3.62. The van der Waals surface area contributed by atoms with Crippen molar-refractivity contribution in [3.05, 3.63) is 0 Å². The zero-order chi connectivity index (χ0) is 8.74. The summed E-state index contributed by atoms with van der Waals surface area (Å²) in [5, 5.41) is 20.6. The highest BCUT2D eigenvalue weighted by molar-refractivity contribution is 4.87. The van der Waals surface area contributed by atoms with E-state index in [1.165, 1.54) is 0 Å². The van der Waals surface area contributed by atoms with Gasteiger partial charge in [0.1, 0.15) is 0 Å². The van der Waals surface area contributed by atoms with Crippen LogP contribution in [0.25, 0.3) is 0 Å². The van der Waals surface area contributed by atoms with Crippen molar-refractivity contribution in [1.82, 2.24) is 5.32 Å². The lowest BCUT2D eigenvalue weighted by atomic mass is 10.1. The largest absolute Gasteiger partial charge is 0.394 e. The number of nitrogens with one attached hydrogen (secondary N) is 1. The molecule has 11 heavy (non-hydrogen) atoms. The second kappa shape index (κ2) is 5.14. The van der Waals surface area contributed by atoms with Crippen molar-refractivity contribution in [2.45, 2.75) is 18.9 Å². The van der Waals surface area contributed by atoms with Crippen molar-refractivity contribution in [1.29, 1.82) is 0 Å². The van der Waals surface area contributed by atoms with Gasteiger partial charge >= 0.3 is 0 Å². The Morgan fingerprint density at radius 1 is 1.45 bits per heavy atom. The van der Waals surface area contributed by atoms with Crippen LogP contribution in [0, 0.1) is 12.3 Å². The number of aliphatic hydroxyl groups is 2. The van der Waals surface area contributed by atoms with Crippen LogP contribution in [-0.4, -0.2) is 35.5 Å². The van der Waals surface area contributed by atoms with E-state index >= 15 is 0 Å². The molecule has 0 bridgehead atoms. The smallest absolute Gasteiger partial charge is 0.0633 e. The maximum Gasteiger partial charge on any atom is 0.0633 e. The molecule has 0 aromatic carbocycles. The normalized spacial score (nSPS) is 11.1. The van der Waals surface area contributed by atoms with Crippen molar-refractivity contribution in [3.63, 3.8) is 0 Å². The van der Waals surface area contributed by atoms with Gasteiger partial charge in [-0.15, -0.1) is 12.3 Å². The Bertz CT molecular complexity index is 136. The number of rotatable bonds is 5. The predicted octanol–water partition coefficient (Wildman–Crippen LogP) is -0.657. The molecule has 0 atom stereocenters. The van der Waals surface area contributed by atoms with E-state index in [2.05, 4.69) is 11.2 Å². The fourth-order valence-corrected chi connectivity index (χ4v) is 0.598. The van der Waals surface area contributed by atoms with Gasteiger partial charge in [0, 0.05) is 13.0 Å². The third-order valence-corrected chi connectivity index (χ3v) is 1.52. The van der Waals surface area contributed by atoms with Gasteiger partial charge in [0.25, 0.3) is 0 Å². The molecule has 3 N–H and O–H groups in total. The van der Waals surface area contributed by atoms with Crippen LogP contribution in [-0.2, 0) is 0 Å². The maximum absolute atomic E-state index is 8.81. The Morgan fingerprint density at radius 3 is 2.36 bits per heavy atom. The first kappa shape index (κ1) is 10.4. The summed E-state index contributed by atoms with van der Waals surface area (Å²) in [6.07, 6.45) is 5.63. The number of aliphatic hydroxyl groups excluding tert-OH is 2. The number of hydrogen-bond donors (Lipinski definition) is 3. The molecule has 0 aliphatic carbocycles. The van der Waals surface area contributed by atoms with Crippen LogP contribution in [0.4, 0.5) is 0 Å². The molecule has 0 spiro atoms. The summed E-state index contributed by atoms with van der Waals surface area (Å²) in [4.78, 5) is 0. The molecule has 64 valence electrons. The van der Waals surface area contributed by atoms with E-state index in [0.717, 1.165) is 0 Å². The molecule has 0 amide bonds. The molecule has 0 aromatic heterocycles. The number of hydrogen-bond acceptors (Lipinski definition) is 3. The highest BCUT2D eigenvalue weighted by atomic mass is 16.3. The standard InChI is InChI=1S/C8H15NO2/c1-3-4-5-9-8(2,6-10)7-11/h1,9-11H,4-7H2,2H3. The van der Waals surface area contributed by atoms with Crippen molar-refractivity contribution < 1.29 is 10.2 Å². The van der Waals surface area contributed by atoms with Crippen LogP contribution < -0.4 is 5.32 Å². The van der Waals surface area contributed by atoms with E-state index in [1.807, 2.05) is 0 Å². The van der Waals surface area contributed by atoms with Crippen LogP contribution in [0.1, 0.15) is 13.3 Å². The zero-order valence-electron chi connectivity index (χ0n) is 6.80. The van der Waals surface area contributed by atoms with Crippen molar-refractivity contribution >= 4 is 0 Å². The molecule has 3 nitrogen and oxygen atoms in total. The lowest BCUT2D eigenvalue weighted by Gasteiger charge is -2.25. The highest BCUT2D eigenvalue weighted by Gasteiger charge is 2.20. The van der Waals surface area contributed by atoms with Crippen LogP contribution in [0.15, 0.2) is 0 Å². The molecule has 0 fully saturated rings. The minimum absolute atomic E-state index is 0.0892. The van der Waals surface area contributed by atoms with Crippen molar-refractivity contribution in [2.75, 3.05) is 19.8 Å². The lowest BCUT2D eigenvalue weighted by Crippen LogP contribution is -2.49. The van der Waals surface area contributed by atoms with Gasteiger partial charge in [-0.2, -0.15) is 0 Å².